The van der Waals surface area contributed by atoms with Gasteiger partial charge < -0.3 is 9.73 Å². The summed E-state index contributed by atoms with van der Waals surface area (Å²) in [5.41, 5.74) is 1.16. The van der Waals surface area contributed by atoms with Crippen molar-refractivity contribution in [2.24, 2.45) is 5.92 Å². The number of nitrogens with one attached hydrogen (secondary N) is 1. The van der Waals surface area contributed by atoms with Crippen LogP contribution in [0.1, 0.15) is 35.9 Å². The monoisotopic (exact) mass is 309 g/mol. The van der Waals surface area contributed by atoms with Gasteiger partial charge in [-0.2, -0.15) is 5.26 Å². The largest absolute Gasteiger partial charge is 0.446 e. The molecule has 4 heterocycles. The Morgan fingerprint density at radius 1 is 1.35 bits per heavy atom. The van der Waals surface area contributed by atoms with Gasteiger partial charge in [-0.15, -0.1) is 0 Å². The maximum Gasteiger partial charge on any atom is 0.251 e. The quantitative estimate of drug-likeness (QED) is 0.925. The van der Waals surface area contributed by atoms with Crippen LogP contribution >= 0.6 is 0 Å². The first kappa shape index (κ1) is 14.3. The van der Waals surface area contributed by atoms with Crippen LogP contribution in [0.2, 0.25) is 0 Å². The van der Waals surface area contributed by atoms with Gasteiger partial charge in [0.2, 0.25) is 5.76 Å². The predicted octanol–water partition coefficient (Wildman–Crippen LogP) is 2.52. The zero-order valence-corrected chi connectivity index (χ0v) is 13.1. The molecule has 1 aromatic carbocycles. The molecule has 5 nitrogen and oxygen atoms in total. The third-order valence-electron chi connectivity index (χ3n) is 5.37. The average Bonchev–Trinajstić information content (AvgIpc) is 3.00. The van der Waals surface area contributed by atoms with Crippen molar-refractivity contribution in [3.63, 3.8) is 0 Å². The molecule has 0 saturated carbocycles. The number of benzene rings is 1. The Labute approximate surface area is 134 Å². The van der Waals surface area contributed by atoms with E-state index in [9.17, 15) is 4.79 Å². The molecule has 0 spiro atoms. The number of nitrogens with zero attached hydrogens (tertiary/aromatic N) is 2. The van der Waals surface area contributed by atoms with E-state index in [1.165, 1.54) is 0 Å². The third kappa shape index (κ3) is 2.40. The molecule has 0 radical (unpaired) electrons. The summed E-state index contributed by atoms with van der Waals surface area (Å²) in [5.74, 6) is 0.785. The Balaban J connectivity index is 1.56. The molecular weight excluding hydrogens is 290 g/mol. The van der Waals surface area contributed by atoms with Crippen LogP contribution in [0.25, 0.3) is 11.0 Å². The molecule has 3 fully saturated rings. The van der Waals surface area contributed by atoms with E-state index in [0.717, 1.165) is 31.3 Å². The lowest BCUT2D eigenvalue weighted by molar-refractivity contribution is 0.0217. The molecule has 118 valence electrons. The second-order valence-corrected chi connectivity index (χ2v) is 6.59. The molecule has 0 aliphatic carbocycles. The van der Waals surface area contributed by atoms with Crippen LogP contribution in [-0.2, 0) is 0 Å². The number of hydrogen-bond acceptors (Lipinski definition) is 4. The van der Waals surface area contributed by atoms with Gasteiger partial charge in [-0.3, -0.25) is 9.69 Å². The van der Waals surface area contributed by atoms with Gasteiger partial charge in [0.25, 0.3) is 5.91 Å². The average molecular weight is 309 g/mol. The van der Waals surface area contributed by atoms with Gasteiger partial charge in [0.05, 0.1) is 0 Å². The van der Waals surface area contributed by atoms with E-state index >= 15 is 0 Å². The van der Waals surface area contributed by atoms with Crippen molar-refractivity contribution in [1.29, 1.82) is 5.26 Å². The van der Waals surface area contributed by atoms with Crippen LogP contribution in [-0.4, -0.2) is 36.0 Å². The second kappa shape index (κ2) is 5.39. The number of carbonyl (C=O) groups excluding carboxylic acids is 1. The van der Waals surface area contributed by atoms with Gasteiger partial charge in [0, 0.05) is 29.1 Å². The van der Waals surface area contributed by atoms with Crippen molar-refractivity contribution in [1.82, 2.24) is 10.2 Å². The molecule has 1 aromatic heterocycles. The number of furan rings is 1. The topological polar surface area (TPSA) is 69.3 Å². The fraction of sp³-hybridized carbons (Fsp3) is 0.444. The predicted molar refractivity (Wildman–Crippen MR) is 85.9 cm³/mol. The summed E-state index contributed by atoms with van der Waals surface area (Å²) in [6.45, 7) is 4.49. The summed E-state index contributed by atoms with van der Waals surface area (Å²) in [7, 11) is 0. The number of nitriles is 1. The van der Waals surface area contributed by atoms with Crippen LogP contribution in [0, 0.1) is 17.2 Å². The highest BCUT2D eigenvalue weighted by atomic mass is 16.3. The van der Waals surface area contributed by atoms with E-state index in [1.54, 1.807) is 18.2 Å². The zero-order valence-electron chi connectivity index (χ0n) is 13.1. The number of hydrogen-bond donors (Lipinski definition) is 1. The molecule has 5 rings (SSSR count). The molecule has 23 heavy (non-hydrogen) atoms. The van der Waals surface area contributed by atoms with Gasteiger partial charge in [0.1, 0.15) is 11.7 Å². The minimum absolute atomic E-state index is 0.0626. The van der Waals surface area contributed by atoms with Gasteiger partial charge >= 0.3 is 0 Å². The third-order valence-corrected chi connectivity index (χ3v) is 5.37. The molecule has 3 saturated heterocycles. The van der Waals surface area contributed by atoms with Gasteiger partial charge in [0.15, 0.2) is 0 Å². The fourth-order valence-electron chi connectivity index (χ4n) is 4.01. The zero-order chi connectivity index (χ0) is 16.0. The van der Waals surface area contributed by atoms with Crippen molar-refractivity contribution >= 4 is 16.9 Å². The number of fused-ring (bicyclic) bond motifs is 4. The van der Waals surface area contributed by atoms with Crippen LogP contribution < -0.4 is 5.32 Å². The normalized spacial score (nSPS) is 29.4. The fourth-order valence-corrected chi connectivity index (χ4v) is 4.01. The van der Waals surface area contributed by atoms with E-state index in [4.69, 9.17) is 9.68 Å². The van der Waals surface area contributed by atoms with Crippen molar-refractivity contribution in [3.8, 4) is 6.07 Å². The Morgan fingerprint density at radius 2 is 2.13 bits per heavy atom. The second-order valence-electron chi connectivity index (χ2n) is 6.59. The molecule has 1 amide bonds. The molecule has 3 aliphatic heterocycles. The summed E-state index contributed by atoms with van der Waals surface area (Å²) in [5, 5.41) is 13.0. The molecule has 1 N–H and O–H groups in total. The highest BCUT2D eigenvalue weighted by molar-refractivity contribution is 5.97. The summed E-state index contributed by atoms with van der Waals surface area (Å²) in [6.07, 6.45) is 2.33. The molecule has 2 bridgehead atoms. The number of amides is 1. The van der Waals surface area contributed by atoms with E-state index in [2.05, 4.69) is 17.1 Å². The highest BCUT2D eigenvalue weighted by Crippen LogP contribution is 2.32. The molecule has 2 aromatic rings. The molecule has 2 atom stereocenters. The number of piperidine rings is 3. The van der Waals surface area contributed by atoms with Crippen LogP contribution in [0.3, 0.4) is 0 Å². The summed E-state index contributed by atoms with van der Waals surface area (Å²) in [4.78, 5) is 15.1. The minimum atomic E-state index is -0.0626. The first-order valence-corrected chi connectivity index (χ1v) is 8.14. The SMILES string of the molecule is CC1C(NC(=O)c2ccc3cc(C#N)oc3c2)C2CCN1CC2. The maximum absolute atomic E-state index is 12.6. The lowest BCUT2D eigenvalue weighted by atomic mass is 9.79. The minimum Gasteiger partial charge on any atom is -0.446 e. The first-order valence-electron chi connectivity index (χ1n) is 8.14. The Morgan fingerprint density at radius 3 is 2.83 bits per heavy atom. The van der Waals surface area contributed by atoms with E-state index in [1.807, 2.05) is 12.1 Å². The van der Waals surface area contributed by atoms with E-state index in [-0.39, 0.29) is 17.7 Å². The van der Waals surface area contributed by atoms with Crippen molar-refractivity contribution in [3.05, 3.63) is 35.6 Å². The van der Waals surface area contributed by atoms with Gasteiger partial charge in [-0.1, -0.05) is 6.07 Å². The Kier molecular flexibility index (Phi) is 3.35. The van der Waals surface area contributed by atoms with Gasteiger partial charge in [-0.25, -0.2) is 0 Å². The van der Waals surface area contributed by atoms with Gasteiger partial charge in [-0.05, 0) is 50.9 Å². The van der Waals surface area contributed by atoms with Crippen LogP contribution in [0.4, 0.5) is 0 Å². The standard InChI is InChI=1S/C18H19N3O2/c1-11-17(12-4-6-21(11)7-5-12)20-18(22)14-3-2-13-8-15(10-19)23-16(13)9-14/h2-3,8-9,11-12,17H,4-7H2,1H3,(H,20,22). The maximum atomic E-state index is 12.6. The van der Waals surface area contributed by atoms with Crippen molar-refractivity contribution in [2.75, 3.05) is 13.1 Å². The first-order chi connectivity index (χ1) is 11.2. The Hall–Kier alpha value is -2.32. The lowest BCUT2D eigenvalue weighted by Crippen LogP contribution is -2.62. The smallest absolute Gasteiger partial charge is 0.251 e. The lowest BCUT2D eigenvalue weighted by Gasteiger charge is -2.49. The van der Waals surface area contributed by atoms with E-state index in [0.29, 0.717) is 23.1 Å². The molecule has 2 unspecified atom stereocenters. The number of carbonyl (C=O) groups is 1. The van der Waals surface area contributed by atoms with Crippen LogP contribution in [0.15, 0.2) is 28.7 Å². The van der Waals surface area contributed by atoms with Crippen molar-refractivity contribution in [2.45, 2.75) is 31.8 Å². The summed E-state index contributed by atoms with van der Waals surface area (Å²) >= 11 is 0. The molecular formula is C18H19N3O2. The Bertz CT molecular complexity index is 794. The summed E-state index contributed by atoms with van der Waals surface area (Å²) in [6, 6.07) is 9.62. The van der Waals surface area contributed by atoms with Crippen LogP contribution in [0.5, 0.6) is 0 Å². The molecule has 5 heteroatoms. The van der Waals surface area contributed by atoms with E-state index < -0.39 is 0 Å². The van der Waals surface area contributed by atoms with Crippen molar-refractivity contribution < 1.29 is 9.21 Å². The number of rotatable bonds is 2. The molecule has 3 aliphatic rings. The summed E-state index contributed by atoms with van der Waals surface area (Å²) < 4.78 is 5.42. The highest BCUT2D eigenvalue weighted by Gasteiger charge is 2.40.